The van der Waals surface area contributed by atoms with Crippen molar-refractivity contribution in [3.8, 4) is 0 Å². The van der Waals surface area contributed by atoms with Gasteiger partial charge in [-0.2, -0.15) is 0 Å². The number of carbonyl (C=O) groups is 3. The lowest BCUT2D eigenvalue weighted by Gasteiger charge is -2.36. The molecule has 0 aromatic heterocycles. The van der Waals surface area contributed by atoms with Crippen molar-refractivity contribution in [1.82, 2.24) is 20.0 Å². The van der Waals surface area contributed by atoms with Gasteiger partial charge in [0.1, 0.15) is 0 Å². The van der Waals surface area contributed by atoms with E-state index < -0.39 is 0 Å². The van der Waals surface area contributed by atoms with Crippen molar-refractivity contribution < 1.29 is 14.4 Å². The molecule has 0 unspecified atom stereocenters. The van der Waals surface area contributed by atoms with E-state index >= 15 is 0 Å². The number of nitrogens with one attached hydrogen (secondary N) is 1. The van der Waals surface area contributed by atoms with Gasteiger partial charge in [-0.05, 0) is 38.3 Å². The molecule has 3 rings (SSSR count). The third-order valence-corrected chi connectivity index (χ3v) is 5.70. The average molecular weight is 401 g/mol. The summed E-state index contributed by atoms with van der Waals surface area (Å²) in [4.78, 5) is 42.9. The van der Waals surface area contributed by atoms with Crippen molar-refractivity contribution in [3.63, 3.8) is 0 Å². The first-order valence-corrected chi connectivity index (χ1v) is 10.7. The molecule has 2 aliphatic heterocycles. The summed E-state index contributed by atoms with van der Waals surface area (Å²) in [5, 5.41) is 2.82. The smallest absolute Gasteiger partial charge is 0.251 e. The molecule has 1 N–H and O–H groups in total. The number of carbonyl (C=O) groups excluding carboxylic acids is 3. The van der Waals surface area contributed by atoms with Gasteiger partial charge < -0.3 is 15.1 Å². The van der Waals surface area contributed by atoms with Crippen molar-refractivity contribution in [1.29, 1.82) is 0 Å². The Morgan fingerprint density at radius 2 is 1.59 bits per heavy atom. The molecule has 7 nitrogen and oxygen atoms in total. The molecular weight excluding hydrogens is 368 g/mol. The first-order chi connectivity index (χ1) is 14.0. The highest BCUT2D eigenvalue weighted by Crippen LogP contribution is 2.10. The van der Waals surface area contributed by atoms with Crippen LogP contribution >= 0.6 is 0 Å². The van der Waals surface area contributed by atoms with Crippen LogP contribution < -0.4 is 5.32 Å². The fraction of sp³-hybridized carbons (Fsp3) is 0.591. The number of amides is 3. The number of rotatable bonds is 6. The summed E-state index contributed by atoms with van der Waals surface area (Å²) in [5.74, 6) is 0.113. The number of hydrogen-bond donors (Lipinski definition) is 1. The number of nitrogens with zero attached hydrogens (tertiary/aromatic N) is 3. The van der Waals surface area contributed by atoms with Gasteiger partial charge in [0.25, 0.3) is 5.91 Å². The minimum Gasteiger partial charge on any atom is -0.352 e. The van der Waals surface area contributed by atoms with Crippen LogP contribution in [-0.2, 0) is 9.59 Å². The highest BCUT2D eigenvalue weighted by atomic mass is 16.2. The zero-order chi connectivity index (χ0) is 20.6. The first-order valence-electron chi connectivity index (χ1n) is 10.7. The maximum atomic E-state index is 12.4. The van der Waals surface area contributed by atoms with E-state index in [1.54, 1.807) is 6.07 Å². The summed E-state index contributed by atoms with van der Waals surface area (Å²) in [6, 6.07) is 7.40. The van der Waals surface area contributed by atoms with Crippen molar-refractivity contribution in [2.45, 2.75) is 32.6 Å². The van der Waals surface area contributed by atoms with Crippen LogP contribution in [0.1, 0.15) is 41.6 Å². The highest BCUT2D eigenvalue weighted by Gasteiger charge is 2.24. The Bertz CT molecular complexity index is 723. The van der Waals surface area contributed by atoms with Gasteiger partial charge in [-0.25, -0.2) is 0 Å². The molecule has 7 heteroatoms. The topological polar surface area (TPSA) is 73.0 Å². The third-order valence-electron chi connectivity index (χ3n) is 5.70. The standard InChI is InChI=1S/C22H32N4O3/c1-18-6-5-7-19(16-18)22(29)23-9-8-20(27)26-14-12-24(13-15-26)17-21(28)25-10-3-2-4-11-25/h5-7,16H,2-4,8-15,17H2,1H3,(H,23,29). The van der Waals surface area contributed by atoms with Crippen LogP contribution in [0.4, 0.5) is 0 Å². The summed E-state index contributed by atoms with van der Waals surface area (Å²) < 4.78 is 0. The Morgan fingerprint density at radius 1 is 0.897 bits per heavy atom. The van der Waals surface area contributed by atoms with Crippen molar-refractivity contribution >= 4 is 17.7 Å². The van der Waals surface area contributed by atoms with Gasteiger partial charge in [0, 0.05) is 57.8 Å². The van der Waals surface area contributed by atoms with Crippen LogP contribution in [0.3, 0.4) is 0 Å². The predicted octanol–water partition coefficient (Wildman–Crippen LogP) is 1.27. The van der Waals surface area contributed by atoms with Gasteiger partial charge in [0.15, 0.2) is 0 Å². The van der Waals surface area contributed by atoms with Gasteiger partial charge in [-0.3, -0.25) is 19.3 Å². The Morgan fingerprint density at radius 3 is 2.28 bits per heavy atom. The second kappa shape index (κ2) is 10.4. The molecule has 2 heterocycles. The molecule has 0 radical (unpaired) electrons. The summed E-state index contributed by atoms with van der Waals surface area (Å²) in [7, 11) is 0. The Hall–Kier alpha value is -2.41. The second-order valence-corrected chi connectivity index (χ2v) is 7.97. The van der Waals surface area contributed by atoms with Crippen LogP contribution in [0.2, 0.25) is 0 Å². The van der Waals surface area contributed by atoms with Crippen LogP contribution in [-0.4, -0.2) is 84.8 Å². The van der Waals surface area contributed by atoms with E-state index in [1.807, 2.05) is 34.9 Å². The molecule has 2 fully saturated rings. The average Bonchev–Trinajstić information content (AvgIpc) is 2.74. The van der Waals surface area contributed by atoms with Crippen LogP contribution in [0.15, 0.2) is 24.3 Å². The molecule has 1 aromatic carbocycles. The molecular formula is C22H32N4O3. The molecule has 1 aromatic rings. The minimum absolute atomic E-state index is 0.0524. The summed E-state index contributed by atoms with van der Waals surface area (Å²) in [5.41, 5.74) is 1.65. The monoisotopic (exact) mass is 400 g/mol. The molecule has 29 heavy (non-hydrogen) atoms. The Labute approximate surface area is 173 Å². The SMILES string of the molecule is Cc1cccc(C(=O)NCCC(=O)N2CCN(CC(=O)N3CCCCC3)CC2)c1. The van der Waals surface area contributed by atoms with E-state index in [9.17, 15) is 14.4 Å². The largest absolute Gasteiger partial charge is 0.352 e. The quantitative estimate of drug-likeness (QED) is 0.781. The van der Waals surface area contributed by atoms with E-state index in [4.69, 9.17) is 0 Å². The van der Waals surface area contributed by atoms with Gasteiger partial charge in [-0.1, -0.05) is 17.7 Å². The van der Waals surface area contributed by atoms with Crippen molar-refractivity contribution in [2.75, 3.05) is 52.4 Å². The van der Waals surface area contributed by atoms with Crippen LogP contribution in [0.25, 0.3) is 0 Å². The molecule has 158 valence electrons. The van der Waals surface area contributed by atoms with Crippen molar-refractivity contribution in [3.05, 3.63) is 35.4 Å². The summed E-state index contributed by atoms with van der Waals surface area (Å²) >= 11 is 0. The number of likely N-dealkylation sites (tertiary alicyclic amines) is 1. The lowest BCUT2D eigenvalue weighted by atomic mass is 10.1. The van der Waals surface area contributed by atoms with Gasteiger partial charge >= 0.3 is 0 Å². The van der Waals surface area contributed by atoms with Gasteiger partial charge in [-0.15, -0.1) is 0 Å². The van der Waals surface area contributed by atoms with E-state index in [0.717, 1.165) is 44.6 Å². The lowest BCUT2D eigenvalue weighted by Crippen LogP contribution is -2.52. The van der Waals surface area contributed by atoms with Gasteiger partial charge in [0.05, 0.1) is 6.54 Å². The molecule has 2 aliphatic rings. The summed E-state index contributed by atoms with van der Waals surface area (Å²) in [6.45, 7) is 7.21. The van der Waals surface area contributed by atoms with Crippen molar-refractivity contribution in [2.24, 2.45) is 0 Å². The Kier molecular flexibility index (Phi) is 7.63. The molecule has 3 amide bonds. The maximum absolute atomic E-state index is 12.4. The molecule has 2 saturated heterocycles. The number of piperidine rings is 1. The zero-order valence-corrected chi connectivity index (χ0v) is 17.4. The van der Waals surface area contributed by atoms with Crippen LogP contribution in [0, 0.1) is 6.92 Å². The number of benzene rings is 1. The number of aryl methyl sites for hydroxylation is 1. The normalized spacial score (nSPS) is 17.8. The first kappa shape index (κ1) is 21.3. The highest BCUT2D eigenvalue weighted by molar-refractivity contribution is 5.94. The van der Waals surface area contributed by atoms with E-state index in [2.05, 4.69) is 10.2 Å². The van der Waals surface area contributed by atoms with E-state index in [-0.39, 0.29) is 17.7 Å². The molecule has 0 saturated carbocycles. The van der Waals surface area contributed by atoms with E-state index in [0.29, 0.717) is 38.2 Å². The fourth-order valence-electron chi connectivity index (χ4n) is 3.92. The molecule has 0 bridgehead atoms. The minimum atomic E-state index is -0.150. The Balaban J connectivity index is 1.34. The lowest BCUT2D eigenvalue weighted by molar-refractivity contribution is -0.135. The molecule has 0 atom stereocenters. The predicted molar refractivity (Wildman–Crippen MR) is 112 cm³/mol. The fourth-order valence-corrected chi connectivity index (χ4v) is 3.92. The zero-order valence-electron chi connectivity index (χ0n) is 17.4. The van der Waals surface area contributed by atoms with E-state index in [1.165, 1.54) is 6.42 Å². The number of hydrogen-bond acceptors (Lipinski definition) is 4. The molecule has 0 spiro atoms. The maximum Gasteiger partial charge on any atom is 0.251 e. The second-order valence-electron chi connectivity index (χ2n) is 7.97. The summed E-state index contributed by atoms with van der Waals surface area (Å²) in [6.07, 6.45) is 3.73. The third kappa shape index (κ3) is 6.29. The molecule has 0 aliphatic carbocycles. The number of piperazine rings is 1. The van der Waals surface area contributed by atoms with Crippen LogP contribution in [0.5, 0.6) is 0 Å². The van der Waals surface area contributed by atoms with Gasteiger partial charge in [0.2, 0.25) is 11.8 Å².